The van der Waals surface area contributed by atoms with E-state index in [1.54, 1.807) is 18.2 Å². The molecule has 1 aromatic carbocycles. The number of hydrogen-bond acceptors (Lipinski definition) is 2. The molecule has 0 spiro atoms. The molecule has 0 saturated heterocycles. The van der Waals surface area contributed by atoms with E-state index in [1.165, 1.54) is 0 Å². The van der Waals surface area contributed by atoms with Crippen LogP contribution in [0.15, 0.2) is 18.2 Å². The second-order valence-corrected chi connectivity index (χ2v) is 3.66. The molecule has 0 aromatic heterocycles. The minimum Gasteiger partial charge on any atom is -0.465 e. The molecule has 1 aromatic rings. The van der Waals surface area contributed by atoms with Crippen LogP contribution in [0.4, 0.5) is 10.5 Å². The maximum absolute atomic E-state index is 11.6. The molecule has 16 heavy (non-hydrogen) atoms. The lowest BCUT2D eigenvalue weighted by atomic mass is 10.0. The van der Waals surface area contributed by atoms with Gasteiger partial charge >= 0.3 is 6.09 Å². The van der Waals surface area contributed by atoms with Crippen molar-refractivity contribution >= 4 is 17.7 Å². The number of carboxylic acid groups (broad SMARTS) is 1. The number of carbonyl (C=O) groups is 2. The molecular weight excluding hydrogens is 208 g/mol. The summed E-state index contributed by atoms with van der Waals surface area (Å²) in [5.41, 5.74) is 2.02. The third kappa shape index (κ3) is 2.13. The number of benzene rings is 1. The molecule has 0 saturated carbocycles. The number of aryl methyl sites for hydroxylation is 1. The molecule has 5 heteroatoms. The van der Waals surface area contributed by atoms with E-state index in [4.69, 9.17) is 5.11 Å². The fourth-order valence-corrected chi connectivity index (χ4v) is 1.80. The second kappa shape index (κ2) is 4.22. The summed E-state index contributed by atoms with van der Waals surface area (Å²) in [6, 6.07) is 4.97. The number of carbonyl (C=O) groups excluding carboxylic acids is 1. The van der Waals surface area contributed by atoms with Crippen molar-refractivity contribution in [2.45, 2.75) is 12.8 Å². The van der Waals surface area contributed by atoms with Crippen LogP contribution in [0, 0.1) is 0 Å². The van der Waals surface area contributed by atoms with Crippen molar-refractivity contribution in [3.8, 4) is 0 Å². The molecule has 0 bridgehead atoms. The number of fused-ring (bicyclic) bond motifs is 1. The Morgan fingerprint density at radius 3 is 3.00 bits per heavy atom. The van der Waals surface area contributed by atoms with Gasteiger partial charge in [-0.05, 0) is 36.6 Å². The Hall–Kier alpha value is -2.04. The maximum atomic E-state index is 11.6. The second-order valence-electron chi connectivity index (χ2n) is 3.66. The van der Waals surface area contributed by atoms with Gasteiger partial charge in [-0.15, -0.1) is 0 Å². The quantitative estimate of drug-likeness (QED) is 0.670. The summed E-state index contributed by atoms with van der Waals surface area (Å²) >= 11 is 0. The van der Waals surface area contributed by atoms with Crippen molar-refractivity contribution in [2.24, 2.45) is 0 Å². The summed E-state index contributed by atoms with van der Waals surface area (Å²) in [6.07, 6.45) is 0.552. The van der Waals surface area contributed by atoms with Gasteiger partial charge in [0.05, 0.1) is 0 Å². The van der Waals surface area contributed by atoms with Crippen molar-refractivity contribution in [2.75, 3.05) is 11.9 Å². The molecule has 5 nitrogen and oxygen atoms in total. The lowest BCUT2D eigenvalue weighted by Gasteiger charge is -2.07. The van der Waals surface area contributed by atoms with Crippen LogP contribution >= 0.6 is 0 Å². The van der Waals surface area contributed by atoms with Crippen molar-refractivity contribution in [1.29, 1.82) is 0 Å². The lowest BCUT2D eigenvalue weighted by molar-refractivity contribution is 0.0956. The smallest absolute Gasteiger partial charge is 0.409 e. The third-order valence-electron chi connectivity index (χ3n) is 2.51. The largest absolute Gasteiger partial charge is 0.465 e. The molecule has 0 aliphatic carbocycles. The highest BCUT2D eigenvalue weighted by Gasteiger charge is 2.15. The first-order valence-corrected chi connectivity index (χ1v) is 5.08. The minimum atomic E-state index is -1.10. The van der Waals surface area contributed by atoms with Crippen molar-refractivity contribution in [3.63, 3.8) is 0 Å². The number of anilines is 1. The molecule has 0 atom stereocenters. The zero-order valence-corrected chi connectivity index (χ0v) is 8.62. The zero-order chi connectivity index (χ0) is 11.5. The van der Waals surface area contributed by atoms with Gasteiger partial charge in [-0.25, -0.2) is 4.79 Å². The topological polar surface area (TPSA) is 78.4 Å². The number of hydrogen-bond donors (Lipinski definition) is 3. The third-order valence-corrected chi connectivity index (χ3v) is 2.51. The van der Waals surface area contributed by atoms with Crippen LogP contribution < -0.4 is 10.6 Å². The number of amides is 2. The Morgan fingerprint density at radius 2 is 2.25 bits per heavy atom. The average Bonchev–Trinajstić information content (AvgIpc) is 2.40. The van der Waals surface area contributed by atoms with Crippen LogP contribution in [-0.2, 0) is 6.42 Å². The molecular formula is C11H12N2O3. The van der Waals surface area contributed by atoms with Crippen LogP contribution in [0.3, 0.4) is 0 Å². The van der Waals surface area contributed by atoms with Gasteiger partial charge in [0.15, 0.2) is 0 Å². The Kier molecular flexibility index (Phi) is 2.76. The molecule has 2 rings (SSSR count). The highest BCUT2D eigenvalue weighted by molar-refractivity contribution is 5.97. The standard InChI is InChI=1S/C11H12N2O3/c14-10-9-4-3-8(13-11(15)16)6-7(9)2-1-5-12-10/h3-4,6,13H,1-2,5H2,(H,12,14)(H,15,16). The fraction of sp³-hybridized carbons (Fsp3) is 0.273. The van der Waals surface area contributed by atoms with Crippen molar-refractivity contribution in [3.05, 3.63) is 29.3 Å². The van der Waals surface area contributed by atoms with E-state index in [2.05, 4.69) is 10.6 Å². The van der Waals surface area contributed by atoms with Gasteiger partial charge < -0.3 is 10.4 Å². The Balaban J connectivity index is 2.33. The first-order valence-electron chi connectivity index (χ1n) is 5.08. The zero-order valence-electron chi connectivity index (χ0n) is 8.62. The predicted octanol–water partition coefficient (Wildman–Crippen LogP) is 1.45. The normalized spacial score (nSPS) is 14.6. The SMILES string of the molecule is O=C(O)Nc1ccc2c(c1)CCCNC2=O. The molecule has 2 amide bonds. The predicted molar refractivity (Wildman–Crippen MR) is 58.7 cm³/mol. The highest BCUT2D eigenvalue weighted by atomic mass is 16.4. The maximum Gasteiger partial charge on any atom is 0.409 e. The molecule has 3 N–H and O–H groups in total. The molecule has 84 valence electrons. The first-order chi connectivity index (χ1) is 7.66. The first kappa shape index (κ1) is 10.5. The number of nitrogens with one attached hydrogen (secondary N) is 2. The van der Waals surface area contributed by atoms with Crippen LogP contribution in [0.1, 0.15) is 22.3 Å². The summed E-state index contributed by atoms with van der Waals surface area (Å²) in [6.45, 7) is 0.662. The van der Waals surface area contributed by atoms with Gasteiger partial charge in [0.2, 0.25) is 0 Å². The molecule has 1 heterocycles. The van der Waals surface area contributed by atoms with Gasteiger partial charge in [-0.3, -0.25) is 10.1 Å². The fourth-order valence-electron chi connectivity index (χ4n) is 1.80. The summed E-state index contributed by atoms with van der Waals surface area (Å²) in [5.74, 6) is -0.0885. The van der Waals surface area contributed by atoms with Gasteiger partial charge in [0, 0.05) is 17.8 Å². The van der Waals surface area contributed by atoms with Gasteiger partial charge in [-0.2, -0.15) is 0 Å². The van der Waals surface area contributed by atoms with Crippen molar-refractivity contribution < 1.29 is 14.7 Å². The highest BCUT2D eigenvalue weighted by Crippen LogP contribution is 2.19. The average molecular weight is 220 g/mol. The molecule has 0 fully saturated rings. The van der Waals surface area contributed by atoms with E-state index in [-0.39, 0.29) is 5.91 Å². The number of rotatable bonds is 1. The van der Waals surface area contributed by atoms with Gasteiger partial charge in [0.25, 0.3) is 5.91 Å². The van der Waals surface area contributed by atoms with Crippen molar-refractivity contribution in [1.82, 2.24) is 5.32 Å². The Labute approximate surface area is 92.5 Å². The molecule has 0 radical (unpaired) electrons. The Morgan fingerprint density at radius 1 is 1.44 bits per heavy atom. The Bertz CT molecular complexity index is 443. The monoisotopic (exact) mass is 220 g/mol. The van der Waals surface area contributed by atoms with E-state index in [1.807, 2.05) is 0 Å². The summed E-state index contributed by atoms with van der Waals surface area (Å²) in [7, 11) is 0. The van der Waals surface area contributed by atoms with E-state index in [0.29, 0.717) is 17.8 Å². The van der Waals surface area contributed by atoms with Gasteiger partial charge in [-0.1, -0.05) is 0 Å². The minimum absolute atomic E-state index is 0.0885. The van der Waals surface area contributed by atoms with Crippen LogP contribution in [0.25, 0.3) is 0 Å². The summed E-state index contributed by atoms with van der Waals surface area (Å²) in [4.78, 5) is 22.1. The lowest BCUT2D eigenvalue weighted by Crippen LogP contribution is -2.22. The van der Waals surface area contributed by atoms with Crippen LogP contribution in [0.5, 0.6) is 0 Å². The molecule has 1 aliphatic heterocycles. The van der Waals surface area contributed by atoms with Crippen LogP contribution in [-0.4, -0.2) is 23.7 Å². The van der Waals surface area contributed by atoms with E-state index in [9.17, 15) is 9.59 Å². The van der Waals surface area contributed by atoms with Gasteiger partial charge in [0.1, 0.15) is 0 Å². The molecule has 0 unspecified atom stereocenters. The summed E-state index contributed by atoms with van der Waals surface area (Å²) in [5, 5.41) is 13.6. The van der Waals surface area contributed by atoms with E-state index in [0.717, 1.165) is 18.4 Å². The summed E-state index contributed by atoms with van der Waals surface area (Å²) < 4.78 is 0. The van der Waals surface area contributed by atoms with E-state index >= 15 is 0 Å². The van der Waals surface area contributed by atoms with E-state index < -0.39 is 6.09 Å². The molecule has 1 aliphatic rings. The van der Waals surface area contributed by atoms with Crippen LogP contribution in [0.2, 0.25) is 0 Å².